The van der Waals surface area contributed by atoms with E-state index in [4.69, 9.17) is 0 Å². The lowest BCUT2D eigenvalue weighted by Gasteiger charge is -1.97. The van der Waals surface area contributed by atoms with Gasteiger partial charge in [0.05, 0.1) is 0 Å². The van der Waals surface area contributed by atoms with Crippen LogP contribution in [0.2, 0.25) is 0 Å². The van der Waals surface area contributed by atoms with E-state index in [1.807, 2.05) is 18.4 Å². The molecular formula is C11H15N3OS. The molecule has 0 aliphatic heterocycles. The molecule has 0 spiro atoms. The second kappa shape index (κ2) is 7.00. The van der Waals surface area contributed by atoms with Gasteiger partial charge < -0.3 is 5.32 Å². The fraction of sp³-hybridized carbons (Fsp3) is 0.364. The molecule has 0 aromatic carbocycles. The number of aromatic nitrogens is 2. The predicted octanol–water partition coefficient (Wildman–Crippen LogP) is 1.74. The summed E-state index contributed by atoms with van der Waals surface area (Å²) in [6.07, 6.45) is 10.3. The molecule has 4 nitrogen and oxygen atoms in total. The van der Waals surface area contributed by atoms with E-state index in [-0.39, 0.29) is 5.91 Å². The number of carbonyl (C=O) groups excluding carboxylic acids is 1. The van der Waals surface area contributed by atoms with Crippen LogP contribution in [0.4, 0.5) is 0 Å². The molecule has 1 amide bonds. The van der Waals surface area contributed by atoms with Crippen molar-refractivity contribution in [1.29, 1.82) is 0 Å². The maximum Gasteiger partial charge on any atom is 0.216 e. The van der Waals surface area contributed by atoms with Crippen molar-refractivity contribution in [2.24, 2.45) is 0 Å². The molecule has 86 valence electrons. The molecule has 0 saturated carbocycles. The van der Waals surface area contributed by atoms with Crippen molar-refractivity contribution < 1.29 is 4.79 Å². The Bertz CT molecular complexity index is 362. The third-order valence-electron chi connectivity index (χ3n) is 1.83. The maximum atomic E-state index is 10.6. The van der Waals surface area contributed by atoms with Crippen molar-refractivity contribution >= 4 is 23.7 Å². The van der Waals surface area contributed by atoms with Crippen LogP contribution in [0.15, 0.2) is 23.6 Å². The second-order valence-corrected chi connectivity index (χ2v) is 3.95. The van der Waals surface area contributed by atoms with Gasteiger partial charge in [0.25, 0.3) is 0 Å². The van der Waals surface area contributed by atoms with Crippen molar-refractivity contribution in [3.63, 3.8) is 0 Å². The monoisotopic (exact) mass is 237 g/mol. The summed E-state index contributed by atoms with van der Waals surface area (Å²) in [5, 5.41) is 3.50. The van der Waals surface area contributed by atoms with E-state index in [1.165, 1.54) is 18.7 Å². The largest absolute Gasteiger partial charge is 0.356 e. The van der Waals surface area contributed by atoms with Crippen LogP contribution >= 0.6 is 11.8 Å². The van der Waals surface area contributed by atoms with Crippen LogP contribution in [0.3, 0.4) is 0 Å². The maximum absolute atomic E-state index is 10.6. The summed E-state index contributed by atoms with van der Waals surface area (Å²) >= 11 is 1.52. The number of amides is 1. The fourth-order valence-electron chi connectivity index (χ4n) is 1.07. The molecule has 0 bridgehead atoms. The van der Waals surface area contributed by atoms with Gasteiger partial charge in [0.2, 0.25) is 5.91 Å². The van der Waals surface area contributed by atoms with Gasteiger partial charge in [0, 0.05) is 31.4 Å². The Morgan fingerprint density at radius 3 is 2.75 bits per heavy atom. The number of carbonyl (C=O) groups is 1. The van der Waals surface area contributed by atoms with E-state index in [0.717, 1.165) is 17.1 Å². The molecule has 0 atom stereocenters. The first-order valence-electron chi connectivity index (χ1n) is 4.99. The van der Waals surface area contributed by atoms with E-state index in [9.17, 15) is 4.79 Å². The molecule has 0 unspecified atom stereocenters. The van der Waals surface area contributed by atoms with Gasteiger partial charge in [-0.15, -0.1) is 0 Å². The number of hydrogen-bond acceptors (Lipinski definition) is 4. The molecule has 0 fully saturated rings. The Balaban J connectivity index is 2.35. The Hall–Kier alpha value is -1.36. The molecule has 0 radical (unpaired) electrons. The summed E-state index contributed by atoms with van der Waals surface area (Å²) in [5.41, 5.74) is 0.973. The van der Waals surface area contributed by atoms with Crippen molar-refractivity contribution in [2.45, 2.75) is 18.5 Å². The average molecular weight is 237 g/mol. The molecule has 1 N–H and O–H groups in total. The Kier molecular flexibility index (Phi) is 5.56. The first-order chi connectivity index (χ1) is 7.72. The quantitative estimate of drug-likeness (QED) is 0.481. The van der Waals surface area contributed by atoms with Crippen LogP contribution in [-0.4, -0.2) is 28.7 Å². The van der Waals surface area contributed by atoms with Gasteiger partial charge in [0.1, 0.15) is 0 Å². The van der Waals surface area contributed by atoms with Crippen molar-refractivity contribution in [3.8, 4) is 0 Å². The second-order valence-electron chi connectivity index (χ2n) is 3.18. The number of nitrogens with one attached hydrogen (secondary N) is 1. The van der Waals surface area contributed by atoms with Gasteiger partial charge in [-0.05, 0) is 12.7 Å². The molecule has 0 saturated heterocycles. The van der Waals surface area contributed by atoms with E-state index in [1.54, 1.807) is 12.4 Å². The number of thioether (sulfide) groups is 1. The zero-order valence-electron chi connectivity index (χ0n) is 9.43. The minimum absolute atomic E-state index is 0.000979. The third-order valence-corrected chi connectivity index (χ3v) is 2.40. The van der Waals surface area contributed by atoms with Gasteiger partial charge in [-0.3, -0.25) is 4.79 Å². The highest BCUT2D eigenvalue weighted by Crippen LogP contribution is 2.07. The smallest absolute Gasteiger partial charge is 0.216 e. The standard InChI is InChI=1S/C11H15N3OS/c1-9(15)12-6-4-3-5-10-7-13-11(16-2)14-8-10/h3,5,7-8H,4,6H2,1-2H3,(H,12,15). The summed E-state index contributed by atoms with van der Waals surface area (Å²) < 4.78 is 0. The molecular weight excluding hydrogens is 222 g/mol. The summed E-state index contributed by atoms with van der Waals surface area (Å²) in [6.45, 7) is 2.17. The molecule has 16 heavy (non-hydrogen) atoms. The predicted molar refractivity (Wildman–Crippen MR) is 66.1 cm³/mol. The molecule has 0 aliphatic rings. The van der Waals surface area contributed by atoms with Gasteiger partial charge in [-0.25, -0.2) is 9.97 Å². The number of nitrogens with zero attached hydrogens (tertiary/aromatic N) is 2. The zero-order valence-corrected chi connectivity index (χ0v) is 10.3. The van der Waals surface area contributed by atoms with Gasteiger partial charge in [0.15, 0.2) is 5.16 Å². The number of hydrogen-bond donors (Lipinski definition) is 1. The van der Waals surface area contributed by atoms with Crippen molar-refractivity contribution in [1.82, 2.24) is 15.3 Å². The topological polar surface area (TPSA) is 54.9 Å². The average Bonchev–Trinajstić information content (AvgIpc) is 2.29. The summed E-state index contributed by atoms with van der Waals surface area (Å²) in [5.74, 6) is 0.000979. The molecule has 1 heterocycles. The lowest BCUT2D eigenvalue weighted by molar-refractivity contribution is -0.118. The Morgan fingerprint density at radius 2 is 2.19 bits per heavy atom. The fourth-order valence-corrected chi connectivity index (χ4v) is 1.38. The minimum atomic E-state index is 0.000979. The molecule has 1 aromatic heterocycles. The van der Waals surface area contributed by atoms with Crippen LogP contribution in [-0.2, 0) is 4.79 Å². The van der Waals surface area contributed by atoms with Gasteiger partial charge >= 0.3 is 0 Å². The van der Waals surface area contributed by atoms with Crippen LogP contribution < -0.4 is 5.32 Å². The molecule has 5 heteroatoms. The van der Waals surface area contributed by atoms with Crippen LogP contribution in [0.5, 0.6) is 0 Å². The van der Waals surface area contributed by atoms with E-state index in [0.29, 0.717) is 6.54 Å². The van der Waals surface area contributed by atoms with Crippen LogP contribution in [0.1, 0.15) is 18.9 Å². The van der Waals surface area contributed by atoms with Crippen LogP contribution in [0, 0.1) is 0 Å². The minimum Gasteiger partial charge on any atom is -0.356 e. The van der Waals surface area contributed by atoms with E-state index in [2.05, 4.69) is 15.3 Å². The van der Waals surface area contributed by atoms with E-state index >= 15 is 0 Å². The zero-order chi connectivity index (χ0) is 11.8. The Labute approximate surface area is 99.6 Å². The lowest BCUT2D eigenvalue weighted by atomic mass is 10.3. The highest BCUT2D eigenvalue weighted by atomic mass is 32.2. The lowest BCUT2D eigenvalue weighted by Crippen LogP contribution is -2.20. The Morgan fingerprint density at radius 1 is 1.50 bits per heavy atom. The van der Waals surface area contributed by atoms with Gasteiger partial charge in [-0.1, -0.05) is 23.9 Å². The molecule has 1 aromatic rings. The molecule has 1 rings (SSSR count). The van der Waals surface area contributed by atoms with Gasteiger partial charge in [-0.2, -0.15) is 0 Å². The highest BCUT2D eigenvalue weighted by Gasteiger charge is 1.92. The SMILES string of the molecule is CSc1ncc(C=CCCNC(C)=O)cn1. The van der Waals surface area contributed by atoms with Crippen molar-refractivity contribution in [2.75, 3.05) is 12.8 Å². The van der Waals surface area contributed by atoms with Crippen molar-refractivity contribution in [3.05, 3.63) is 24.0 Å². The van der Waals surface area contributed by atoms with Crippen LogP contribution in [0.25, 0.3) is 6.08 Å². The highest BCUT2D eigenvalue weighted by molar-refractivity contribution is 7.98. The van der Waals surface area contributed by atoms with E-state index < -0.39 is 0 Å². The third kappa shape index (κ3) is 4.93. The summed E-state index contributed by atoms with van der Waals surface area (Å²) in [6, 6.07) is 0. The first-order valence-corrected chi connectivity index (χ1v) is 6.22. The number of rotatable bonds is 5. The molecule has 0 aliphatic carbocycles. The normalized spacial score (nSPS) is 10.6. The first kappa shape index (κ1) is 12.7. The summed E-state index contributed by atoms with van der Waals surface area (Å²) in [7, 11) is 0. The summed E-state index contributed by atoms with van der Waals surface area (Å²) in [4.78, 5) is 18.9.